The maximum Gasteiger partial charge on any atom is 0.263 e. The number of carbonyl (C=O) groups is 1. The number of benzene rings is 1. The number of carbonyl (C=O) groups excluding carboxylic acids is 1. The molecule has 0 aliphatic rings. The molecule has 0 saturated heterocycles. The molecule has 2 aromatic heterocycles. The van der Waals surface area contributed by atoms with Gasteiger partial charge in [0.25, 0.3) is 5.91 Å². The van der Waals surface area contributed by atoms with Gasteiger partial charge in [-0.1, -0.05) is 0 Å². The number of hydrogen-bond donors (Lipinski definition) is 3. The highest BCUT2D eigenvalue weighted by molar-refractivity contribution is 7.89. The summed E-state index contributed by atoms with van der Waals surface area (Å²) in [6.07, 6.45) is 0. The van der Waals surface area contributed by atoms with Crippen molar-refractivity contribution < 1.29 is 17.6 Å². The Balaban J connectivity index is 1.63. The van der Waals surface area contributed by atoms with Crippen LogP contribution < -0.4 is 15.8 Å². The fraction of sp³-hybridized carbons (Fsp3) is 0.235. The summed E-state index contributed by atoms with van der Waals surface area (Å²) in [5.41, 5.74) is 8.05. The van der Waals surface area contributed by atoms with Gasteiger partial charge in [0.1, 0.15) is 15.5 Å². The third-order valence-corrected chi connectivity index (χ3v) is 6.73. The summed E-state index contributed by atoms with van der Waals surface area (Å²) in [6.45, 7) is 3.69. The predicted molar refractivity (Wildman–Crippen MR) is 105 cm³/mol. The first-order valence-electron chi connectivity index (χ1n) is 8.26. The summed E-state index contributed by atoms with van der Waals surface area (Å²) in [6, 6.07) is 4.46. The first kappa shape index (κ1) is 20.1. The van der Waals surface area contributed by atoms with E-state index in [0.29, 0.717) is 20.8 Å². The van der Waals surface area contributed by atoms with Crippen LogP contribution in [0.2, 0.25) is 0 Å². The molecule has 1 aromatic carbocycles. The molecule has 0 unspecified atom stereocenters. The summed E-state index contributed by atoms with van der Waals surface area (Å²) in [4.78, 5) is 13.2. The van der Waals surface area contributed by atoms with Gasteiger partial charge in [0.15, 0.2) is 0 Å². The number of nitrogens with two attached hydrogens (primary N) is 1. The Morgan fingerprint density at radius 3 is 2.54 bits per heavy atom. The van der Waals surface area contributed by atoms with Gasteiger partial charge in [-0.05, 0) is 43.7 Å². The molecule has 0 aliphatic heterocycles. The average Bonchev–Trinajstić information content (AvgIpc) is 2.99. The number of aromatic nitrogens is 2. The van der Waals surface area contributed by atoms with Crippen LogP contribution in [0.1, 0.15) is 20.9 Å². The van der Waals surface area contributed by atoms with Crippen molar-refractivity contribution >= 4 is 43.2 Å². The van der Waals surface area contributed by atoms with Gasteiger partial charge in [-0.25, -0.2) is 17.5 Å². The second-order valence-electron chi connectivity index (χ2n) is 6.04. The van der Waals surface area contributed by atoms with Crippen LogP contribution in [0, 0.1) is 19.7 Å². The van der Waals surface area contributed by atoms with Crippen molar-refractivity contribution in [2.24, 2.45) is 0 Å². The lowest BCUT2D eigenvalue weighted by Crippen LogP contribution is -2.34. The monoisotopic (exact) mass is 423 g/mol. The molecule has 0 spiro atoms. The Kier molecular flexibility index (Phi) is 5.59. The number of amides is 1. The zero-order valence-electron chi connectivity index (χ0n) is 15.1. The largest absolute Gasteiger partial charge is 0.397 e. The second-order valence-corrected chi connectivity index (χ2v) is 8.81. The molecule has 2 heterocycles. The van der Waals surface area contributed by atoms with Gasteiger partial charge >= 0.3 is 0 Å². The fourth-order valence-electron chi connectivity index (χ4n) is 2.55. The minimum absolute atomic E-state index is 0.0335. The zero-order valence-corrected chi connectivity index (χ0v) is 16.7. The quantitative estimate of drug-likeness (QED) is 0.518. The Morgan fingerprint density at radius 1 is 1.18 bits per heavy atom. The second kappa shape index (κ2) is 7.78. The van der Waals surface area contributed by atoms with Crippen molar-refractivity contribution in [2.45, 2.75) is 18.7 Å². The number of thiophene rings is 1. The van der Waals surface area contributed by atoms with E-state index < -0.39 is 21.7 Å². The van der Waals surface area contributed by atoms with Gasteiger partial charge in [0.2, 0.25) is 10.0 Å². The highest BCUT2D eigenvalue weighted by atomic mass is 32.2. The number of nitrogens with one attached hydrogen (secondary N) is 2. The lowest BCUT2D eigenvalue weighted by molar-refractivity contribution is 0.0959. The number of nitrogens with zero attached hydrogens (tertiary/aromatic N) is 2. The van der Waals surface area contributed by atoms with Crippen LogP contribution in [0.15, 0.2) is 29.2 Å². The van der Waals surface area contributed by atoms with Gasteiger partial charge in [-0.2, -0.15) is 5.10 Å². The molecule has 0 bridgehead atoms. The predicted octanol–water partition coefficient (Wildman–Crippen LogP) is 1.74. The van der Waals surface area contributed by atoms with Crippen molar-refractivity contribution in [3.63, 3.8) is 0 Å². The Morgan fingerprint density at radius 2 is 1.86 bits per heavy atom. The molecule has 8 nitrogen and oxygen atoms in total. The smallest absolute Gasteiger partial charge is 0.263 e. The average molecular weight is 423 g/mol. The van der Waals surface area contributed by atoms with Crippen LogP contribution in [0.4, 0.5) is 10.1 Å². The highest BCUT2D eigenvalue weighted by Gasteiger charge is 2.20. The number of fused-ring (bicyclic) bond motifs is 1. The molecule has 0 atom stereocenters. The molecular formula is C17H18FN5O3S2. The van der Waals surface area contributed by atoms with Crippen LogP contribution in [0.25, 0.3) is 10.2 Å². The van der Waals surface area contributed by atoms with Crippen LogP contribution in [-0.4, -0.2) is 37.6 Å². The molecular weight excluding hydrogens is 405 g/mol. The molecule has 28 heavy (non-hydrogen) atoms. The normalized spacial score (nSPS) is 11.7. The zero-order chi connectivity index (χ0) is 20.5. The number of rotatable bonds is 6. The van der Waals surface area contributed by atoms with Crippen LogP contribution >= 0.6 is 11.3 Å². The van der Waals surface area contributed by atoms with E-state index in [1.165, 1.54) is 12.1 Å². The first-order valence-corrected chi connectivity index (χ1v) is 10.6. The first-order chi connectivity index (χ1) is 13.2. The molecule has 0 saturated carbocycles. The fourth-order valence-corrected chi connectivity index (χ4v) is 4.60. The van der Waals surface area contributed by atoms with Crippen molar-refractivity contribution in [3.05, 3.63) is 46.2 Å². The summed E-state index contributed by atoms with van der Waals surface area (Å²) >= 11 is 1.13. The summed E-state index contributed by atoms with van der Waals surface area (Å²) in [7, 11) is -3.79. The highest BCUT2D eigenvalue weighted by Crippen LogP contribution is 2.34. The number of nitrogen functional groups attached to an aromatic ring is 1. The van der Waals surface area contributed by atoms with E-state index in [2.05, 4.69) is 20.2 Å². The van der Waals surface area contributed by atoms with Crippen molar-refractivity contribution in [3.8, 4) is 0 Å². The van der Waals surface area contributed by atoms with E-state index >= 15 is 0 Å². The van der Waals surface area contributed by atoms with Crippen molar-refractivity contribution in [1.29, 1.82) is 0 Å². The topological polar surface area (TPSA) is 127 Å². The minimum atomic E-state index is -3.79. The minimum Gasteiger partial charge on any atom is -0.397 e. The van der Waals surface area contributed by atoms with Gasteiger partial charge in [0, 0.05) is 18.5 Å². The van der Waals surface area contributed by atoms with E-state index in [4.69, 9.17) is 5.73 Å². The summed E-state index contributed by atoms with van der Waals surface area (Å²) in [5.74, 6) is -0.944. The van der Waals surface area contributed by atoms with E-state index in [1.54, 1.807) is 0 Å². The lowest BCUT2D eigenvalue weighted by atomic mass is 10.1. The van der Waals surface area contributed by atoms with E-state index in [-0.39, 0.29) is 18.0 Å². The number of halogens is 1. The standard InChI is InChI=1S/C17H18FN5O3S2/c1-9-10(2)22-23-17-13(9)14(19)15(27-17)16(24)20-7-8-21-28(25,26)12-5-3-11(18)4-6-12/h3-6,21H,7-8,19H2,1-2H3,(H,20,24). The number of anilines is 1. The maximum atomic E-state index is 12.9. The SMILES string of the molecule is Cc1nnc2sc(C(=O)NCCNS(=O)(=O)c3ccc(F)cc3)c(N)c2c1C. The lowest BCUT2D eigenvalue weighted by Gasteiger charge is -2.08. The summed E-state index contributed by atoms with van der Waals surface area (Å²) in [5, 5.41) is 11.4. The number of sulfonamides is 1. The molecule has 4 N–H and O–H groups in total. The van der Waals surface area contributed by atoms with Gasteiger partial charge in [-0.15, -0.1) is 16.4 Å². The molecule has 0 radical (unpaired) electrons. The molecule has 1 amide bonds. The van der Waals surface area contributed by atoms with Crippen LogP contribution in [0.3, 0.4) is 0 Å². The molecule has 3 aromatic rings. The van der Waals surface area contributed by atoms with Gasteiger partial charge < -0.3 is 11.1 Å². The van der Waals surface area contributed by atoms with Gasteiger partial charge in [0.05, 0.1) is 16.3 Å². The van der Waals surface area contributed by atoms with Crippen molar-refractivity contribution in [1.82, 2.24) is 20.2 Å². The van der Waals surface area contributed by atoms with E-state index in [0.717, 1.165) is 34.7 Å². The molecule has 3 rings (SSSR count). The number of hydrogen-bond acceptors (Lipinski definition) is 7. The van der Waals surface area contributed by atoms with Crippen LogP contribution in [-0.2, 0) is 10.0 Å². The Hall–Kier alpha value is -2.63. The molecule has 11 heteroatoms. The van der Waals surface area contributed by atoms with Gasteiger partial charge in [-0.3, -0.25) is 4.79 Å². The summed E-state index contributed by atoms with van der Waals surface area (Å²) < 4.78 is 39.5. The van der Waals surface area contributed by atoms with Crippen molar-refractivity contribution in [2.75, 3.05) is 18.8 Å². The maximum absolute atomic E-state index is 12.9. The third kappa shape index (κ3) is 3.96. The van der Waals surface area contributed by atoms with E-state index in [9.17, 15) is 17.6 Å². The van der Waals surface area contributed by atoms with E-state index in [1.807, 2.05) is 13.8 Å². The number of aryl methyl sites for hydroxylation is 2. The molecule has 148 valence electrons. The molecule has 0 aliphatic carbocycles. The Labute approximate surface area is 165 Å². The Bertz CT molecular complexity index is 1140. The molecule has 0 fully saturated rings. The van der Waals surface area contributed by atoms with Crippen LogP contribution in [0.5, 0.6) is 0 Å². The third-order valence-electron chi connectivity index (χ3n) is 4.17.